The van der Waals surface area contributed by atoms with Crippen LogP contribution in [0.1, 0.15) is 0 Å². The van der Waals surface area contributed by atoms with Gasteiger partial charge in [0.05, 0.1) is 10.6 Å². The first-order chi connectivity index (χ1) is 9.22. The zero-order chi connectivity index (χ0) is 13.7. The summed E-state index contributed by atoms with van der Waals surface area (Å²) in [6.07, 6.45) is 1.63. The maximum absolute atomic E-state index is 11.4. The van der Waals surface area contributed by atoms with Gasteiger partial charge < -0.3 is 11.2 Å². The number of nitrogen functional groups attached to an aromatic ring is 1. The summed E-state index contributed by atoms with van der Waals surface area (Å²) in [4.78, 5) is 12.4. The van der Waals surface area contributed by atoms with Crippen LogP contribution < -0.4 is 11.2 Å². The van der Waals surface area contributed by atoms with E-state index >= 15 is 0 Å². The van der Waals surface area contributed by atoms with Gasteiger partial charge in [-0.2, -0.15) is 0 Å². The van der Waals surface area contributed by atoms with Gasteiger partial charge in [0.2, 0.25) is 11.1 Å². The van der Waals surface area contributed by atoms with Crippen molar-refractivity contribution in [2.45, 2.75) is 5.16 Å². The minimum atomic E-state index is -0.0921. The Labute approximate surface area is 118 Å². The number of rotatable bonds is 6. The molecule has 2 heterocycles. The van der Waals surface area contributed by atoms with E-state index in [0.29, 0.717) is 17.5 Å². The number of hydrogen-bond donors (Lipinski definition) is 2. The van der Waals surface area contributed by atoms with Crippen molar-refractivity contribution in [3.8, 4) is 10.7 Å². The fourth-order valence-corrected chi connectivity index (χ4v) is 2.71. The van der Waals surface area contributed by atoms with Crippen LogP contribution in [0.15, 0.2) is 35.3 Å². The van der Waals surface area contributed by atoms with Gasteiger partial charge in [-0.1, -0.05) is 23.9 Å². The van der Waals surface area contributed by atoms with Crippen LogP contribution in [0, 0.1) is 0 Å². The van der Waals surface area contributed by atoms with Gasteiger partial charge in [0.25, 0.3) is 0 Å². The smallest absolute Gasteiger partial charge is 0.230 e. The van der Waals surface area contributed by atoms with Gasteiger partial charge in [0.15, 0.2) is 5.82 Å². The zero-order valence-corrected chi connectivity index (χ0v) is 11.7. The predicted molar refractivity (Wildman–Crippen MR) is 77.4 cm³/mol. The number of nitrogens with zero attached hydrogens (tertiary/aromatic N) is 3. The van der Waals surface area contributed by atoms with Gasteiger partial charge in [-0.15, -0.1) is 28.1 Å². The number of nitrogens with two attached hydrogens (primary N) is 1. The van der Waals surface area contributed by atoms with Crippen LogP contribution in [0.2, 0.25) is 0 Å². The highest BCUT2D eigenvalue weighted by Crippen LogP contribution is 2.24. The molecule has 2 rings (SSSR count). The molecular weight excluding hydrogens is 282 g/mol. The van der Waals surface area contributed by atoms with Gasteiger partial charge in [0.1, 0.15) is 0 Å². The minimum absolute atomic E-state index is 0.0921. The standard InChI is InChI=1S/C11H13N5OS2/c1-2-5-13-9(17)7-19-11-15-14-10(16(11)12)8-4-3-6-18-8/h2-4,6H,1,5,7,12H2,(H,13,17). The van der Waals surface area contributed by atoms with E-state index in [4.69, 9.17) is 5.84 Å². The molecular formula is C11H13N5OS2. The number of thiophene rings is 1. The zero-order valence-electron chi connectivity index (χ0n) is 10.1. The summed E-state index contributed by atoms with van der Waals surface area (Å²) in [5, 5.41) is 13.1. The van der Waals surface area contributed by atoms with Crippen molar-refractivity contribution in [3.63, 3.8) is 0 Å². The summed E-state index contributed by atoms with van der Waals surface area (Å²) in [5.74, 6) is 6.66. The molecule has 0 atom stereocenters. The van der Waals surface area contributed by atoms with E-state index in [1.54, 1.807) is 6.08 Å². The summed E-state index contributed by atoms with van der Waals surface area (Å²) in [7, 11) is 0. The number of carbonyl (C=O) groups is 1. The Hall–Kier alpha value is -1.80. The topological polar surface area (TPSA) is 85.8 Å². The minimum Gasteiger partial charge on any atom is -0.352 e. The Balaban J connectivity index is 1.99. The normalized spacial score (nSPS) is 10.3. The average Bonchev–Trinajstić information content (AvgIpc) is 3.03. The van der Waals surface area contributed by atoms with Crippen LogP contribution in [-0.2, 0) is 4.79 Å². The number of nitrogens with one attached hydrogen (secondary N) is 1. The van der Waals surface area contributed by atoms with Gasteiger partial charge >= 0.3 is 0 Å². The first-order valence-corrected chi connectivity index (χ1v) is 7.33. The molecule has 0 bridgehead atoms. The van der Waals surface area contributed by atoms with Crippen LogP contribution in [0.4, 0.5) is 0 Å². The lowest BCUT2D eigenvalue weighted by Gasteiger charge is -2.02. The van der Waals surface area contributed by atoms with Gasteiger partial charge in [-0.25, -0.2) is 4.68 Å². The van der Waals surface area contributed by atoms with Gasteiger partial charge in [-0.05, 0) is 11.4 Å². The second-order valence-corrected chi connectivity index (χ2v) is 5.43. The summed E-state index contributed by atoms with van der Waals surface area (Å²) < 4.78 is 1.40. The molecule has 0 saturated carbocycles. The van der Waals surface area contributed by atoms with Crippen molar-refractivity contribution < 1.29 is 4.79 Å². The molecule has 8 heteroatoms. The molecule has 0 aromatic carbocycles. The second kappa shape index (κ2) is 6.39. The fourth-order valence-electron chi connectivity index (χ4n) is 1.32. The average molecular weight is 295 g/mol. The molecule has 0 saturated heterocycles. The maximum atomic E-state index is 11.4. The Morgan fingerprint density at radius 2 is 2.47 bits per heavy atom. The molecule has 0 unspecified atom stereocenters. The van der Waals surface area contributed by atoms with E-state index in [1.165, 1.54) is 27.8 Å². The van der Waals surface area contributed by atoms with Crippen LogP contribution in [-0.4, -0.2) is 33.1 Å². The lowest BCUT2D eigenvalue weighted by Crippen LogP contribution is -2.25. The summed E-state index contributed by atoms with van der Waals surface area (Å²) >= 11 is 2.78. The highest BCUT2D eigenvalue weighted by molar-refractivity contribution is 7.99. The molecule has 2 aromatic heterocycles. The molecule has 0 fully saturated rings. The lowest BCUT2D eigenvalue weighted by atomic mass is 10.4. The number of aromatic nitrogens is 3. The van der Waals surface area contributed by atoms with Crippen molar-refractivity contribution in [1.29, 1.82) is 0 Å². The Morgan fingerprint density at radius 3 is 3.16 bits per heavy atom. The van der Waals surface area contributed by atoms with E-state index in [9.17, 15) is 4.79 Å². The first kappa shape index (κ1) is 13.6. The third-order valence-electron chi connectivity index (χ3n) is 2.18. The number of thioether (sulfide) groups is 1. The molecule has 0 aliphatic heterocycles. The molecule has 1 amide bonds. The van der Waals surface area contributed by atoms with Crippen molar-refractivity contribution in [2.75, 3.05) is 18.1 Å². The highest BCUT2D eigenvalue weighted by atomic mass is 32.2. The number of carbonyl (C=O) groups excluding carboxylic acids is 1. The molecule has 0 spiro atoms. The quantitative estimate of drug-likeness (QED) is 0.474. The van der Waals surface area contributed by atoms with Gasteiger partial charge in [0, 0.05) is 6.54 Å². The Kier molecular flexibility index (Phi) is 4.58. The lowest BCUT2D eigenvalue weighted by molar-refractivity contribution is -0.118. The van der Waals surface area contributed by atoms with E-state index in [-0.39, 0.29) is 11.7 Å². The van der Waals surface area contributed by atoms with Crippen LogP contribution in [0.25, 0.3) is 10.7 Å². The third-order valence-corrected chi connectivity index (χ3v) is 3.99. The van der Waals surface area contributed by atoms with Crippen molar-refractivity contribution >= 4 is 29.0 Å². The second-order valence-electron chi connectivity index (χ2n) is 3.53. The van der Waals surface area contributed by atoms with Crippen LogP contribution in [0.5, 0.6) is 0 Å². The summed E-state index contributed by atoms with van der Waals surface area (Å²) in [6, 6.07) is 3.84. The fraction of sp³-hybridized carbons (Fsp3) is 0.182. The van der Waals surface area contributed by atoms with E-state index in [2.05, 4.69) is 22.1 Å². The van der Waals surface area contributed by atoms with E-state index in [0.717, 1.165) is 4.88 Å². The van der Waals surface area contributed by atoms with Gasteiger partial charge in [-0.3, -0.25) is 4.79 Å². The maximum Gasteiger partial charge on any atom is 0.230 e. The Bertz CT molecular complexity index is 564. The molecule has 0 radical (unpaired) electrons. The molecule has 0 aliphatic rings. The van der Waals surface area contributed by atoms with Crippen molar-refractivity contribution in [2.24, 2.45) is 0 Å². The van der Waals surface area contributed by atoms with Crippen LogP contribution in [0.3, 0.4) is 0 Å². The van der Waals surface area contributed by atoms with Crippen LogP contribution >= 0.6 is 23.1 Å². The first-order valence-electron chi connectivity index (χ1n) is 5.47. The molecule has 3 N–H and O–H groups in total. The molecule has 6 nitrogen and oxygen atoms in total. The molecule has 19 heavy (non-hydrogen) atoms. The van der Waals surface area contributed by atoms with E-state index in [1.807, 2.05) is 17.5 Å². The van der Waals surface area contributed by atoms with Crippen molar-refractivity contribution in [1.82, 2.24) is 20.2 Å². The van der Waals surface area contributed by atoms with Crippen molar-refractivity contribution in [3.05, 3.63) is 30.2 Å². The van der Waals surface area contributed by atoms with E-state index < -0.39 is 0 Å². The number of hydrogen-bond acceptors (Lipinski definition) is 6. The Morgan fingerprint density at radius 1 is 1.63 bits per heavy atom. The summed E-state index contributed by atoms with van der Waals surface area (Å²) in [6.45, 7) is 3.98. The molecule has 2 aromatic rings. The molecule has 100 valence electrons. The molecule has 0 aliphatic carbocycles. The predicted octanol–water partition coefficient (Wildman–Crippen LogP) is 1.11. The monoisotopic (exact) mass is 295 g/mol. The third kappa shape index (κ3) is 3.36. The SMILES string of the molecule is C=CCNC(=O)CSc1nnc(-c2cccs2)n1N. The highest BCUT2D eigenvalue weighted by Gasteiger charge is 2.13. The largest absolute Gasteiger partial charge is 0.352 e. The number of amides is 1. The summed E-state index contributed by atoms with van der Waals surface area (Å²) in [5.41, 5.74) is 0.